The number of nitrogens with zero attached hydrogens (tertiary/aromatic N) is 2. The number of nitrogens with one attached hydrogen (secondary N) is 2. The second-order valence-corrected chi connectivity index (χ2v) is 5.30. The topological polar surface area (TPSA) is 77.3 Å². The maximum Gasteiger partial charge on any atom is 0.226 e. The highest BCUT2D eigenvalue weighted by atomic mass is 32.2. The van der Waals surface area contributed by atoms with E-state index >= 15 is 0 Å². The summed E-state index contributed by atoms with van der Waals surface area (Å²) in [6.07, 6.45) is 3.69. The predicted molar refractivity (Wildman–Crippen MR) is 84.0 cm³/mol. The fourth-order valence-corrected chi connectivity index (χ4v) is 1.77. The Morgan fingerprint density at radius 2 is 2.15 bits per heavy atom. The van der Waals surface area contributed by atoms with E-state index < -0.39 is 0 Å². The number of amides is 1. The standard InChI is InChI=1S/C14H18N4OS/c1-9(2)13(19)18-12-6-5-11(7-10(12)3)17-14(20-4)16-8-15/h5-7,9H,1-4H3,(H,16,17)(H,18,19). The molecule has 0 saturated heterocycles. The third kappa shape index (κ3) is 4.59. The first-order chi connectivity index (χ1) is 9.47. The highest BCUT2D eigenvalue weighted by Gasteiger charge is 2.09. The van der Waals surface area contributed by atoms with Crippen LogP contribution in [0.2, 0.25) is 0 Å². The Labute approximate surface area is 123 Å². The van der Waals surface area contributed by atoms with Crippen LogP contribution in [-0.2, 0) is 4.79 Å². The summed E-state index contributed by atoms with van der Waals surface area (Å²) >= 11 is 1.36. The number of carbonyl (C=O) groups excluding carboxylic acids is 1. The van der Waals surface area contributed by atoms with Crippen LogP contribution in [0.5, 0.6) is 0 Å². The van der Waals surface area contributed by atoms with Crippen LogP contribution in [0.15, 0.2) is 23.2 Å². The number of rotatable bonds is 3. The summed E-state index contributed by atoms with van der Waals surface area (Å²) in [4.78, 5) is 16.0. The van der Waals surface area contributed by atoms with Crippen molar-refractivity contribution in [3.63, 3.8) is 0 Å². The number of benzene rings is 1. The lowest BCUT2D eigenvalue weighted by Crippen LogP contribution is -2.18. The van der Waals surface area contributed by atoms with Gasteiger partial charge in [0.25, 0.3) is 0 Å². The average molecular weight is 290 g/mol. The second-order valence-electron chi connectivity index (χ2n) is 4.50. The van der Waals surface area contributed by atoms with E-state index in [0.29, 0.717) is 5.17 Å². The maximum absolute atomic E-state index is 11.7. The summed E-state index contributed by atoms with van der Waals surface area (Å²) in [5, 5.41) is 14.5. The van der Waals surface area contributed by atoms with Crippen molar-refractivity contribution in [1.82, 2.24) is 5.32 Å². The number of thioether (sulfide) groups is 1. The van der Waals surface area contributed by atoms with Crippen molar-refractivity contribution in [2.75, 3.05) is 11.6 Å². The van der Waals surface area contributed by atoms with E-state index in [2.05, 4.69) is 15.6 Å². The smallest absolute Gasteiger partial charge is 0.226 e. The molecule has 0 spiro atoms. The molecule has 5 nitrogen and oxygen atoms in total. The average Bonchev–Trinajstić information content (AvgIpc) is 2.41. The Hall–Kier alpha value is -2.00. The van der Waals surface area contributed by atoms with E-state index in [-0.39, 0.29) is 11.8 Å². The van der Waals surface area contributed by atoms with Gasteiger partial charge in [-0.15, -0.1) is 0 Å². The molecule has 1 amide bonds. The molecule has 1 aromatic carbocycles. The largest absolute Gasteiger partial charge is 0.326 e. The quantitative estimate of drug-likeness (QED) is 0.388. The maximum atomic E-state index is 11.7. The summed E-state index contributed by atoms with van der Waals surface area (Å²) in [5.41, 5.74) is 2.44. The normalized spacial score (nSPS) is 11.1. The monoisotopic (exact) mass is 290 g/mol. The number of amidine groups is 1. The first-order valence-electron chi connectivity index (χ1n) is 6.17. The van der Waals surface area contributed by atoms with Gasteiger partial charge >= 0.3 is 0 Å². The molecule has 1 rings (SSSR count). The van der Waals surface area contributed by atoms with Crippen molar-refractivity contribution in [2.45, 2.75) is 20.8 Å². The highest BCUT2D eigenvalue weighted by molar-refractivity contribution is 8.13. The van der Waals surface area contributed by atoms with Gasteiger partial charge in [0.15, 0.2) is 11.4 Å². The van der Waals surface area contributed by atoms with Crippen LogP contribution in [0.4, 0.5) is 11.4 Å². The fourth-order valence-electron chi connectivity index (χ4n) is 1.42. The molecule has 0 fully saturated rings. The van der Waals surface area contributed by atoms with Gasteiger partial charge in [-0.1, -0.05) is 25.6 Å². The minimum atomic E-state index is -0.0602. The van der Waals surface area contributed by atoms with Crippen LogP contribution in [0.3, 0.4) is 0 Å². The van der Waals surface area contributed by atoms with E-state index in [0.717, 1.165) is 16.9 Å². The van der Waals surface area contributed by atoms with Gasteiger partial charge < -0.3 is 5.32 Å². The molecule has 0 radical (unpaired) electrons. The van der Waals surface area contributed by atoms with Gasteiger partial charge in [-0.25, -0.2) is 4.99 Å². The van der Waals surface area contributed by atoms with Gasteiger partial charge in [-0.05, 0) is 36.9 Å². The molecule has 0 aromatic heterocycles. The third-order valence-electron chi connectivity index (χ3n) is 2.58. The van der Waals surface area contributed by atoms with E-state index in [1.807, 2.05) is 45.4 Å². The number of aryl methyl sites for hydroxylation is 1. The van der Waals surface area contributed by atoms with Crippen molar-refractivity contribution in [1.29, 1.82) is 5.26 Å². The Bertz CT molecular complexity index is 561. The number of hydrogen-bond donors (Lipinski definition) is 2. The van der Waals surface area contributed by atoms with E-state index in [1.165, 1.54) is 11.8 Å². The minimum absolute atomic E-state index is 0.0136. The van der Waals surface area contributed by atoms with Gasteiger partial charge in [0.05, 0.1) is 5.69 Å². The van der Waals surface area contributed by atoms with Gasteiger partial charge in [-0.2, -0.15) is 5.26 Å². The van der Waals surface area contributed by atoms with Crippen LogP contribution in [0, 0.1) is 24.3 Å². The van der Waals surface area contributed by atoms with Crippen LogP contribution in [0.1, 0.15) is 19.4 Å². The van der Waals surface area contributed by atoms with Crippen LogP contribution in [0.25, 0.3) is 0 Å². The SMILES string of the molecule is CSC(=Nc1ccc(NC(=O)C(C)C)c(C)c1)NC#N. The number of nitriles is 1. The van der Waals surface area contributed by atoms with Crippen LogP contribution >= 0.6 is 11.8 Å². The third-order valence-corrected chi connectivity index (χ3v) is 3.16. The molecule has 0 bridgehead atoms. The Balaban J connectivity index is 2.93. The van der Waals surface area contributed by atoms with E-state index in [9.17, 15) is 4.79 Å². The number of anilines is 1. The number of aliphatic imine (C=N–C) groups is 1. The summed E-state index contributed by atoms with van der Waals surface area (Å²) in [5.74, 6) is -0.0738. The van der Waals surface area contributed by atoms with Crippen molar-refractivity contribution in [3.05, 3.63) is 23.8 Å². The first kappa shape index (κ1) is 16.1. The summed E-state index contributed by atoms with van der Waals surface area (Å²) in [6, 6.07) is 5.49. The molecule has 0 aliphatic heterocycles. The van der Waals surface area contributed by atoms with Crippen molar-refractivity contribution in [2.24, 2.45) is 10.9 Å². The van der Waals surface area contributed by atoms with Gasteiger partial charge in [0.1, 0.15) is 0 Å². The zero-order valence-electron chi connectivity index (χ0n) is 12.0. The predicted octanol–water partition coefficient (Wildman–Crippen LogP) is 3.01. The van der Waals surface area contributed by atoms with Crippen molar-refractivity contribution in [3.8, 4) is 6.19 Å². The van der Waals surface area contributed by atoms with E-state index in [1.54, 1.807) is 6.07 Å². The Morgan fingerprint density at radius 3 is 2.65 bits per heavy atom. The molecule has 2 N–H and O–H groups in total. The number of carbonyl (C=O) groups is 1. The number of hydrogen-bond acceptors (Lipinski definition) is 4. The lowest BCUT2D eigenvalue weighted by molar-refractivity contribution is -0.118. The molecule has 20 heavy (non-hydrogen) atoms. The molecule has 0 heterocycles. The van der Waals surface area contributed by atoms with Gasteiger partial charge in [0.2, 0.25) is 5.91 Å². The lowest BCUT2D eigenvalue weighted by Gasteiger charge is -2.11. The molecule has 6 heteroatoms. The molecule has 0 aliphatic carbocycles. The Morgan fingerprint density at radius 1 is 1.45 bits per heavy atom. The molecular formula is C14H18N4OS. The zero-order valence-corrected chi connectivity index (χ0v) is 12.8. The first-order valence-corrected chi connectivity index (χ1v) is 7.39. The lowest BCUT2D eigenvalue weighted by atomic mass is 10.1. The highest BCUT2D eigenvalue weighted by Crippen LogP contribution is 2.23. The van der Waals surface area contributed by atoms with Gasteiger partial charge in [0, 0.05) is 11.6 Å². The second kappa shape index (κ2) is 7.56. The molecule has 0 atom stereocenters. The molecule has 0 unspecified atom stereocenters. The summed E-state index contributed by atoms with van der Waals surface area (Å²) < 4.78 is 0. The summed E-state index contributed by atoms with van der Waals surface area (Å²) in [7, 11) is 0. The van der Waals surface area contributed by atoms with E-state index in [4.69, 9.17) is 5.26 Å². The molecule has 0 aliphatic rings. The van der Waals surface area contributed by atoms with Gasteiger partial charge in [-0.3, -0.25) is 10.1 Å². The molecule has 106 valence electrons. The van der Waals surface area contributed by atoms with Crippen molar-refractivity contribution >= 4 is 34.2 Å². The molecular weight excluding hydrogens is 272 g/mol. The summed E-state index contributed by atoms with van der Waals surface area (Å²) in [6.45, 7) is 5.61. The minimum Gasteiger partial charge on any atom is -0.326 e. The Kier molecular flexibility index (Phi) is 6.07. The van der Waals surface area contributed by atoms with Crippen LogP contribution in [-0.4, -0.2) is 17.3 Å². The van der Waals surface area contributed by atoms with Crippen molar-refractivity contribution < 1.29 is 4.79 Å². The fraction of sp³-hybridized carbons (Fsp3) is 0.357. The van der Waals surface area contributed by atoms with Crippen LogP contribution < -0.4 is 10.6 Å². The molecule has 1 aromatic rings. The molecule has 0 saturated carbocycles. The zero-order chi connectivity index (χ0) is 15.1.